The maximum atomic E-state index is 12.6. The van der Waals surface area contributed by atoms with Gasteiger partial charge in [-0.15, -0.1) is 0 Å². The number of hydrogen-bond acceptors (Lipinski definition) is 7. The van der Waals surface area contributed by atoms with Crippen molar-refractivity contribution in [3.05, 3.63) is 30.1 Å². The maximum Gasteiger partial charge on any atom is 0.244 e. The number of carbonyl (C=O) groups excluding carboxylic acids is 1. The monoisotopic (exact) mass is 418 g/mol. The van der Waals surface area contributed by atoms with Gasteiger partial charge < -0.3 is 29.2 Å². The zero-order valence-corrected chi connectivity index (χ0v) is 18.2. The van der Waals surface area contributed by atoms with E-state index in [1.807, 2.05) is 37.1 Å². The van der Waals surface area contributed by atoms with Crippen molar-refractivity contribution >= 4 is 11.6 Å². The van der Waals surface area contributed by atoms with Crippen LogP contribution in [0.25, 0.3) is 0 Å². The number of nitrogens with one attached hydrogen (secondary N) is 1. The summed E-state index contributed by atoms with van der Waals surface area (Å²) >= 11 is 0. The van der Waals surface area contributed by atoms with Crippen molar-refractivity contribution in [2.45, 2.75) is 39.1 Å². The van der Waals surface area contributed by atoms with Gasteiger partial charge in [0, 0.05) is 31.4 Å². The minimum absolute atomic E-state index is 0.0354. The lowest BCUT2D eigenvalue weighted by atomic mass is 10.1. The zero-order valence-electron chi connectivity index (χ0n) is 18.2. The van der Waals surface area contributed by atoms with E-state index in [9.17, 15) is 4.79 Å². The Kier molecular flexibility index (Phi) is 7.04. The molecule has 1 aliphatic heterocycles. The standard InChI is InChI=1S/C21H30N4O5/c1-14-10-24(11-15(2)30-14)19(26)13-25-12-17(9-23-25)22-8-16-6-7-18(27-3)21(29-5)20(16)28-4/h6-7,9,12,14-15,22H,8,10-11,13H2,1-5H3/t14-,15+. The van der Waals surface area contributed by atoms with Gasteiger partial charge in [-0.2, -0.15) is 5.10 Å². The van der Waals surface area contributed by atoms with Crippen LogP contribution in [0, 0.1) is 0 Å². The molecule has 2 heterocycles. The fourth-order valence-electron chi connectivity index (χ4n) is 3.66. The lowest BCUT2D eigenvalue weighted by Crippen LogP contribution is -2.49. The van der Waals surface area contributed by atoms with Crippen LogP contribution in [0.2, 0.25) is 0 Å². The molecule has 9 nitrogen and oxygen atoms in total. The molecule has 1 aromatic heterocycles. The van der Waals surface area contributed by atoms with Gasteiger partial charge in [-0.05, 0) is 26.0 Å². The predicted octanol–water partition coefficient (Wildman–Crippen LogP) is 2.16. The van der Waals surface area contributed by atoms with E-state index in [4.69, 9.17) is 18.9 Å². The van der Waals surface area contributed by atoms with Crippen LogP contribution in [0.15, 0.2) is 24.5 Å². The Hall–Kier alpha value is -2.94. The van der Waals surface area contributed by atoms with Gasteiger partial charge in [0.25, 0.3) is 0 Å². The summed E-state index contributed by atoms with van der Waals surface area (Å²) in [7, 11) is 4.76. The Morgan fingerprint density at radius 2 is 1.83 bits per heavy atom. The first kappa shape index (κ1) is 21.8. The SMILES string of the molecule is COc1ccc(CNc2cnn(CC(=O)N3C[C@@H](C)O[C@@H](C)C3)c2)c(OC)c1OC. The molecule has 164 valence electrons. The molecule has 1 aromatic carbocycles. The number of morpholine rings is 1. The Morgan fingerprint density at radius 1 is 1.13 bits per heavy atom. The molecule has 1 N–H and O–H groups in total. The molecule has 9 heteroatoms. The van der Waals surface area contributed by atoms with Crippen molar-refractivity contribution in [1.82, 2.24) is 14.7 Å². The number of anilines is 1. The van der Waals surface area contributed by atoms with Crippen molar-refractivity contribution < 1.29 is 23.7 Å². The Morgan fingerprint density at radius 3 is 2.47 bits per heavy atom. The van der Waals surface area contributed by atoms with Crippen molar-refractivity contribution in [2.75, 3.05) is 39.7 Å². The largest absolute Gasteiger partial charge is 0.493 e. The van der Waals surface area contributed by atoms with Crippen molar-refractivity contribution in [2.24, 2.45) is 0 Å². The van der Waals surface area contributed by atoms with E-state index in [-0.39, 0.29) is 24.7 Å². The van der Waals surface area contributed by atoms with Crippen LogP contribution in [0.3, 0.4) is 0 Å². The van der Waals surface area contributed by atoms with Crippen LogP contribution in [-0.2, 0) is 22.6 Å². The number of rotatable bonds is 8. The third-order valence-electron chi connectivity index (χ3n) is 4.97. The number of methoxy groups -OCH3 is 3. The first-order chi connectivity index (χ1) is 14.4. The summed E-state index contributed by atoms with van der Waals surface area (Å²) in [5.41, 5.74) is 1.72. The number of hydrogen-bond donors (Lipinski definition) is 1. The molecule has 0 spiro atoms. The summed E-state index contributed by atoms with van der Waals surface area (Å²) in [6, 6.07) is 3.76. The molecule has 0 aliphatic carbocycles. The van der Waals surface area contributed by atoms with Crippen LogP contribution in [0.4, 0.5) is 5.69 Å². The van der Waals surface area contributed by atoms with E-state index < -0.39 is 0 Å². The topological polar surface area (TPSA) is 87.1 Å². The maximum absolute atomic E-state index is 12.6. The van der Waals surface area contributed by atoms with Crippen LogP contribution in [-0.4, -0.2) is 67.2 Å². The van der Waals surface area contributed by atoms with Gasteiger partial charge in [-0.3, -0.25) is 9.48 Å². The summed E-state index contributed by atoms with van der Waals surface area (Å²) in [5, 5.41) is 7.61. The molecule has 0 radical (unpaired) electrons. The molecule has 1 fully saturated rings. The Bertz CT molecular complexity index is 859. The first-order valence-electron chi connectivity index (χ1n) is 9.92. The smallest absolute Gasteiger partial charge is 0.244 e. The number of benzene rings is 1. The summed E-state index contributed by atoms with van der Waals surface area (Å²) in [6.07, 6.45) is 3.61. The molecular weight excluding hydrogens is 388 g/mol. The second-order valence-corrected chi connectivity index (χ2v) is 7.33. The van der Waals surface area contributed by atoms with Gasteiger partial charge in [0.2, 0.25) is 11.7 Å². The van der Waals surface area contributed by atoms with Gasteiger partial charge in [-0.25, -0.2) is 0 Å². The van der Waals surface area contributed by atoms with Crippen LogP contribution < -0.4 is 19.5 Å². The zero-order chi connectivity index (χ0) is 21.7. The molecule has 2 atom stereocenters. The van der Waals surface area contributed by atoms with E-state index in [0.717, 1.165) is 11.3 Å². The molecule has 0 saturated carbocycles. The fourth-order valence-corrected chi connectivity index (χ4v) is 3.66. The molecular formula is C21H30N4O5. The summed E-state index contributed by atoms with van der Waals surface area (Å²) in [4.78, 5) is 14.4. The van der Waals surface area contributed by atoms with E-state index in [1.165, 1.54) is 0 Å². The number of carbonyl (C=O) groups is 1. The molecule has 0 unspecified atom stereocenters. The van der Waals surface area contributed by atoms with Crippen molar-refractivity contribution in [3.63, 3.8) is 0 Å². The minimum atomic E-state index is 0.0354. The van der Waals surface area contributed by atoms with E-state index in [0.29, 0.717) is 36.9 Å². The third kappa shape index (κ3) is 4.96. The number of amides is 1. The molecule has 30 heavy (non-hydrogen) atoms. The van der Waals surface area contributed by atoms with Gasteiger partial charge in [0.1, 0.15) is 6.54 Å². The minimum Gasteiger partial charge on any atom is -0.493 e. The Balaban J connectivity index is 1.62. The highest BCUT2D eigenvalue weighted by atomic mass is 16.5. The molecule has 1 aliphatic rings. The second-order valence-electron chi connectivity index (χ2n) is 7.33. The van der Waals surface area contributed by atoms with Gasteiger partial charge in [-0.1, -0.05) is 0 Å². The van der Waals surface area contributed by atoms with Crippen molar-refractivity contribution in [1.29, 1.82) is 0 Å². The Labute approximate surface area is 176 Å². The van der Waals surface area contributed by atoms with Crippen molar-refractivity contribution in [3.8, 4) is 17.2 Å². The number of aromatic nitrogens is 2. The number of ether oxygens (including phenoxy) is 4. The quantitative estimate of drug-likeness (QED) is 0.703. The fraction of sp³-hybridized carbons (Fsp3) is 0.524. The summed E-state index contributed by atoms with van der Waals surface area (Å²) in [5.74, 6) is 1.81. The lowest BCUT2D eigenvalue weighted by Gasteiger charge is -2.35. The van der Waals surface area contributed by atoms with Gasteiger partial charge in [0.05, 0.1) is 45.4 Å². The molecule has 1 amide bonds. The first-order valence-corrected chi connectivity index (χ1v) is 9.92. The molecule has 0 bridgehead atoms. The predicted molar refractivity (Wildman–Crippen MR) is 112 cm³/mol. The average Bonchev–Trinajstić information content (AvgIpc) is 3.17. The highest BCUT2D eigenvalue weighted by Gasteiger charge is 2.26. The normalized spacial score (nSPS) is 18.8. The molecule has 1 saturated heterocycles. The summed E-state index contributed by atoms with van der Waals surface area (Å²) < 4.78 is 23.6. The lowest BCUT2D eigenvalue weighted by molar-refractivity contribution is -0.144. The van der Waals surface area contributed by atoms with Crippen LogP contribution >= 0.6 is 0 Å². The van der Waals surface area contributed by atoms with Gasteiger partial charge in [0.15, 0.2) is 11.5 Å². The third-order valence-corrected chi connectivity index (χ3v) is 4.97. The van der Waals surface area contributed by atoms with Gasteiger partial charge >= 0.3 is 0 Å². The second kappa shape index (κ2) is 9.71. The van der Waals surface area contributed by atoms with E-state index in [2.05, 4.69) is 10.4 Å². The van der Waals surface area contributed by atoms with Crippen LogP contribution in [0.1, 0.15) is 19.4 Å². The van der Waals surface area contributed by atoms with E-state index in [1.54, 1.807) is 32.2 Å². The van der Waals surface area contributed by atoms with Crippen LogP contribution in [0.5, 0.6) is 17.2 Å². The number of nitrogens with zero attached hydrogens (tertiary/aromatic N) is 3. The summed E-state index contributed by atoms with van der Waals surface area (Å²) in [6.45, 7) is 5.87. The molecule has 2 aromatic rings. The average molecular weight is 418 g/mol. The molecule has 3 rings (SSSR count). The van der Waals surface area contributed by atoms with E-state index >= 15 is 0 Å². The highest BCUT2D eigenvalue weighted by molar-refractivity contribution is 5.76. The highest BCUT2D eigenvalue weighted by Crippen LogP contribution is 2.39.